The number of nitro benzene ring substituents is 1. The standard InChI is InChI=1S/C8H9ClN2O2/c1-5-3-4-6(11(12)13)7(9)8(5)10-2/h3-4,10H,1-2H3. The molecule has 0 aliphatic heterocycles. The minimum atomic E-state index is -0.497. The fraction of sp³-hybridized carbons (Fsp3) is 0.250. The number of benzene rings is 1. The molecule has 0 heterocycles. The van der Waals surface area contributed by atoms with E-state index in [1.54, 1.807) is 13.1 Å². The molecule has 1 aromatic rings. The van der Waals surface area contributed by atoms with Crippen LogP contribution in [0, 0.1) is 17.0 Å². The summed E-state index contributed by atoms with van der Waals surface area (Å²) in [4.78, 5) is 10.00. The Kier molecular flexibility index (Phi) is 2.72. The second-order valence-corrected chi connectivity index (χ2v) is 2.98. The fourth-order valence-electron chi connectivity index (χ4n) is 1.11. The van der Waals surface area contributed by atoms with E-state index in [9.17, 15) is 10.1 Å². The minimum Gasteiger partial charge on any atom is -0.386 e. The van der Waals surface area contributed by atoms with E-state index < -0.39 is 4.92 Å². The van der Waals surface area contributed by atoms with Crippen molar-refractivity contribution < 1.29 is 4.92 Å². The lowest BCUT2D eigenvalue weighted by atomic mass is 10.2. The van der Waals surface area contributed by atoms with E-state index in [1.165, 1.54) is 6.07 Å². The van der Waals surface area contributed by atoms with Crippen molar-refractivity contribution in [2.75, 3.05) is 12.4 Å². The second-order valence-electron chi connectivity index (χ2n) is 2.60. The summed E-state index contributed by atoms with van der Waals surface area (Å²) in [5, 5.41) is 13.5. The summed E-state index contributed by atoms with van der Waals surface area (Å²) in [6, 6.07) is 3.06. The Bertz CT molecular complexity index is 352. The van der Waals surface area contributed by atoms with Gasteiger partial charge in [0.1, 0.15) is 5.02 Å². The van der Waals surface area contributed by atoms with Gasteiger partial charge in [0.15, 0.2) is 0 Å². The van der Waals surface area contributed by atoms with Crippen molar-refractivity contribution in [3.05, 3.63) is 32.8 Å². The van der Waals surface area contributed by atoms with Gasteiger partial charge in [0, 0.05) is 13.1 Å². The Hall–Kier alpha value is -1.29. The monoisotopic (exact) mass is 200 g/mol. The Morgan fingerprint density at radius 1 is 1.54 bits per heavy atom. The van der Waals surface area contributed by atoms with Crippen molar-refractivity contribution in [2.24, 2.45) is 0 Å². The number of nitrogens with zero attached hydrogens (tertiary/aromatic N) is 1. The highest BCUT2D eigenvalue weighted by Gasteiger charge is 2.16. The molecule has 1 N–H and O–H groups in total. The van der Waals surface area contributed by atoms with Gasteiger partial charge >= 0.3 is 0 Å². The normalized spacial score (nSPS) is 9.77. The molecule has 0 aliphatic rings. The average molecular weight is 201 g/mol. The maximum absolute atomic E-state index is 10.5. The maximum Gasteiger partial charge on any atom is 0.290 e. The van der Waals surface area contributed by atoms with Gasteiger partial charge in [-0.3, -0.25) is 10.1 Å². The minimum absolute atomic E-state index is 0.0726. The summed E-state index contributed by atoms with van der Waals surface area (Å²) < 4.78 is 0. The third-order valence-corrected chi connectivity index (χ3v) is 2.16. The van der Waals surface area contributed by atoms with E-state index in [-0.39, 0.29) is 10.7 Å². The van der Waals surface area contributed by atoms with Crippen LogP contribution in [-0.4, -0.2) is 12.0 Å². The summed E-state index contributed by atoms with van der Waals surface area (Å²) >= 11 is 5.81. The van der Waals surface area contributed by atoms with Crippen molar-refractivity contribution in [1.29, 1.82) is 0 Å². The molecule has 0 spiro atoms. The lowest BCUT2D eigenvalue weighted by Gasteiger charge is -2.06. The number of nitro groups is 1. The fourth-order valence-corrected chi connectivity index (χ4v) is 1.49. The molecule has 1 aromatic carbocycles. The van der Waals surface area contributed by atoms with Crippen LogP contribution in [0.4, 0.5) is 11.4 Å². The SMILES string of the molecule is CNc1c(C)ccc([N+](=O)[O-])c1Cl. The van der Waals surface area contributed by atoms with Gasteiger partial charge in [-0.05, 0) is 12.5 Å². The molecule has 13 heavy (non-hydrogen) atoms. The molecule has 0 unspecified atom stereocenters. The van der Waals surface area contributed by atoms with Crippen LogP contribution in [0.1, 0.15) is 5.56 Å². The lowest BCUT2D eigenvalue weighted by molar-refractivity contribution is -0.384. The van der Waals surface area contributed by atoms with Gasteiger partial charge in [-0.25, -0.2) is 0 Å². The van der Waals surface area contributed by atoms with E-state index in [2.05, 4.69) is 5.32 Å². The maximum atomic E-state index is 10.5. The molecule has 0 radical (unpaired) electrons. The molecule has 0 aromatic heterocycles. The van der Waals surface area contributed by atoms with E-state index in [1.807, 2.05) is 6.92 Å². The zero-order valence-electron chi connectivity index (χ0n) is 7.30. The molecular formula is C8H9ClN2O2. The van der Waals surface area contributed by atoms with Crippen LogP contribution in [0.2, 0.25) is 5.02 Å². The Balaban J connectivity index is 3.35. The van der Waals surface area contributed by atoms with Gasteiger partial charge in [0.25, 0.3) is 5.69 Å². The van der Waals surface area contributed by atoms with Crippen LogP contribution in [0.5, 0.6) is 0 Å². The van der Waals surface area contributed by atoms with Crippen LogP contribution in [-0.2, 0) is 0 Å². The summed E-state index contributed by atoms with van der Waals surface area (Å²) in [7, 11) is 1.68. The van der Waals surface area contributed by atoms with Gasteiger partial charge in [-0.1, -0.05) is 17.7 Å². The number of anilines is 1. The predicted octanol–water partition coefficient (Wildman–Crippen LogP) is 2.60. The van der Waals surface area contributed by atoms with Crippen LogP contribution < -0.4 is 5.32 Å². The number of nitrogens with one attached hydrogen (secondary N) is 1. The van der Waals surface area contributed by atoms with Crippen molar-refractivity contribution in [1.82, 2.24) is 0 Å². The smallest absolute Gasteiger partial charge is 0.290 e. The largest absolute Gasteiger partial charge is 0.386 e. The van der Waals surface area contributed by atoms with Gasteiger partial charge in [0.05, 0.1) is 10.6 Å². The average Bonchev–Trinajstić information content (AvgIpc) is 2.04. The highest BCUT2D eigenvalue weighted by Crippen LogP contribution is 2.33. The van der Waals surface area contributed by atoms with Crippen LogP contribution >= 0.6 is 11.6 Å². The third-order valence-electron chi connectivity index (χ3n) is 1.78. The predicted molar refractivity (Wildman–Crippen MR) is 52.4 cm³/mol. The van der Waals surface area contributed by atoms with E-state index in [0.717, 1.165) is 5.56 Å². The van der Waals surface area contributed by atoms with E-state index >= 15 is 0 Å². The van der Waals surface area contributed by atoms with Crippen molar-refractivity contribution in [3.8, 4) is 0 Å². The van der Waals surface area contributed by atoms with Crippen LogP contribution in [0.25, 0.3) is 0 Å². The first-order chi connectivity index (χ1) is 6.07. The molecular weight excluding hydrogens is 192 g/mol. The van der Waals surface area contributed by atoms with Crippen LogP contribution in [0.15, 0.2) is 12.1 Å². The highest BCUT2D eigenvalue weighted by atomic mass is 35.5. The number of halogens is 1. The number of hydrogen-bond acceptors (Lipinski definition) is 3. The Morgan fingerprint density at radius 2 is 2.15 bits per heavy atom. The van der Waals surface area contributed by atoms with Crippen molar-refractivity contribution >= 4 is 23.0 Å². The second kappa shape index (κ2) is 3.62. The first-order valence-electron chi connectivity index (χ1n) is 3.69. The van der Waals surface area contributed by atoms with Crippen molar-refractivity contribution in [2.45, 2.75) is 6.92 Å². The van der Waals surface area contributed by atoms with E-state index in [4.69, 9.17) is 11.6 Å². The van der Waals surface area contributed by atoms with Gasteiger partial charge < -0.3 is 5.32 Å². The summed E-state index contributed by atoms with van der Waals surface area (Å²) in [5.74, 6) is 0. The first kappa shape index (κ1) is 9.80. The van der Waals surface area contributed by atoms with E-state index in [0.29, 0.717) is 5.69 Å². The topological polar surface area (TPSA) is 55.2 Å². The molecule has 0 saturated carbocycles. The quantitative estimate of drug-likeness (QED) is 0.590. The zero-order chi connectivity index (χ0) is 10.0. The molecule has 0 bridgehead atoms. The molecule has 70 valence electrons. The van der Waals surface area contributed by atoms with Gasteiger partial charge in [0.2, 0.25) is 0 Å². The third kappa shape index (κ3) is 1.72. The summed E-state index contributed by atoms with van der Waals surface area (Å²) in [6.45, 7) is 1.83. The lowest BCUT2D eigenvalue weighted by Crippen LogP contribution is -1.96. The molecule has 4 nitrogen and oxygen atoms in total. The molecule has 0 aliphatic carbocycles. The number of hydrogen-bond donors (Lipinski definition) is 1. The summed E-state index contributed by atoms with van der Waals surface area (Å²) in [5.41, 5.74) is 1.42. The zero-order valence-corrected chi connectivity index (χ0v) is 8.05. The van der Waals surface area contributed by atoms with Gasteiger partial charge in [-0.15, -0.1) is 0 Å². The summed E-state index contributed by atoms with van der Waals surface area (Å²) in [6.07, 6.45) is 0. The van der Waals surface area contributed by atoms with Crippen molar-refractivity contribution in [3.63, 3.8) is 0 Å². The first-order valence-corrected chi connectivity index (χ1v) is 4.07. The Morgan fingerprint density at radius 3 is 2.62 bits per heavy atom. The molecule has 0 fully saturated rings. The van der Waals surface area contributed by atoms with Gasteiger partial charge in [-0.2, -0.15) is 0 Å². The molecule has 5 heteroatoms. The number of aryl methyl sites for hydroxylation is 1. The highest BCUT2D eigenvalue weighted by molar-refractivity contribution is 6.35. The Labute approximate surface area is 80.7 Å². The van der Waals surface area contributed by atoms with Crippen LogP contribution in [0.3, 0.4) is 0 Å². The molecule has 0 saturated heterocycles. The molecule has 1 rings (SSSR count). The molecule has 0 amide bonds. The number of rotatable bonds is 2. The molecule has 0 atom stereocenters.